The van der Waals surface area contributed by atoms with E-state index in [-0.39, 0.29) is 25.4 Å². The molecule has 3 rings (SSSR count). The number of amides is 3. The number of hydrogen-bond acceptors (Lipinski definition) is 5. The van der Waals surface area contributed by atoms with Crippen LogP contribution in [-0.2, 0) is 32.1 Å². The van der Waals surface area contributed by atoms with E-state index in [2.05, 4.69) is 16.0 Å². The number of rotatable bonds is 10. The summed E-state index contributed by atoms with van der Waals surface area (Å²) < 4.78 is 5.22. The first kappa shape index (κ1) is 23.8. The lowest BCUT2D eigenvalue weighted by atomic mass is 9.97. The predicted octanol–water partition coefficient (Wildman–Crippen LogP) is 1.62. The number of alkyl carbamates (subject to hydrolysis) is 1. The summed E-state index contributed by atoms with van der Waals surface area (Å²) >= 11 is 0. The summed E-state index contributed by atoms with van der Waals surface area (Å²) in [5.74, 6) is -2.61. The molecule has 4 N–H and O–H groups in total. The van der Waals surface area contributed by atoms with E-state index in [0.29, 0.717) is 13.0 Å². The summed E-state index contributed by atoms with van der Waals surface area (Å²) in [4.78, 5) is 48.9. The Bertz CT molecular complexity index is 967. The number of carboxylic acid groups (broad SMARTS) is 1. The average molecular weight is 453 g/mol. The third-order valence-corrected chi connectivity index (χ3v) is 5.40. The molecule has 1 aliphatic rings. The molecule has 2 aromatic carbocycles. The molecule has 9 heteroatoms. The van der Waals surface area contributed by atoms with Crippen LogP contribution in [0, 0.1) is 5.92 Å². The molecule has 2 aromatic rings. The number of hydrogen-bond donors (Lipinski definition) is 4. The number of carboxylic acids is 1. The van der Waals surface area contributed by atoms with Crippen LogP contribution in [0.5, 0.6) is 0 Å². The Labute approximate surface area is 191 Å². The van der Waals surface area contributed by atoms with Crippen molar-refractivity contribution in [3.8, 4) is 0 Å². The van der Waals surface area contributed by atoms with E-state index in [1.54, 1.807) is 36.4 Å². The van der Waals surface area contributed by atoms with E-state index in [1.807, 2.05) is 24.3 Å². The molecule has 1 saturated heterocycles. The summed E-state index contributed by atoms with van der Waals surface area (Å²) in [6.45, 7) is 0.510. The van der Waals surface area contributed by atoms with Gasteiger partial charge in [0, 0.05) is 18.9 Å². The molecule has 33 heavy (non-hydrogen) atoms. The second-order valence-corrected chi connectivity index (χ2v) is 7.86. The lowest BCUT2D eigenvalue weighted by Crippen LogP contribution is -2.53. The zero-order valence-corrected chi connectivity index (χ0v) is 18.0. The molecule has 1 heterocycles. The summed E-state index contributed by atoms with van der Waals surface area (Å²) in [5.41, 5.74) is 1.57. The highest BCUT2D eigenvalue weighted by atomic mass is 16.5. The fourth-order valence-corrected chi connectivity index (χ4v) is 3.61. The van der Waals surface area contributed by atoms with Crippen LogP contribution < -0.4 is 16.0 Å². The largest absolute Gasteiger partial charge is 0.480 e. The van der Waals surface area contributed by atoms with E-state index in [9.17, 15) is 24.3 Å². The van der Waals surface area contributed by atoms with Gasteiger partial charge in [0.15, 0.2) is 0 Å². The van der Waals surface area contributed by atoms with E-state index >= 15 is 0 Å². The number of carbonyl (C=O) groups is 4. The molecule has 9 nitrogen and oxygen atoms in total. The Kier molecular flexibility index (Phi) is 8.40. The Balaban J connectivity index is 1.66. The van der Waals surface area contributed by atoms with Crippen LogP contribution >= 0.6 is 0 Å². The topological polar surface area (TPSA) is 134 Å². The first-order valence-corrected chi connectivity index (χ1v) is 10.7. The van der Waals surface area contributed by atoms with Gasteiger partial charge in [-0.05, 0) is 24.0 Å². The van der Waals surface area contributed by atoms with Crippen molar-refractivity contribution in [1.82, 2.24) is 16.0 Å². The summed E-state index contributed by atoms with van der Waals surface area (Å²) in [6.07, 6.45) is -0.167. The Morgan fingerprint density at radius 3 is 2.18 bits per heavy atom. The van der Waals surface area contributed by atoms with Gasteiger partial charge in [0.25, 0.3) is 0 Å². The second kappa shape index (κ2) is 11.7. The average Bonchev–Trinajstić information content (AvgIpc) is 3.22. The minimum absolute atomic E-state index is 0.0244. The van der Waals surface area contributed by atoms with Gasteiger partial charge < -0.3 is 25.8 Å². The van der Waals surface area contributed by atoms with E-state index in [0.717, 1.165) is 11.1 Å². The fraction of sp³-hybridized carbons (Fsp3) is 0.333. The molecule has 0 bridgehead atoms. The summed E-state index contributed by atoms with van der Waals surface area (Å²) in [6, 6.07) is 15.8. The van der Waals surface area contributed by atoms with Crippen molar-refractivity contribution in [3.05, 3.63) is 71.8 Å². The van der Waals surface area contributed by atoms with Crippen LogP contribution in [0.1, 0.15) is 24.0 Å². The molecule has 174 valence electrons. The van der Waals surface area contributed by atoms with Crippen LogP contribution in [0.25, 0.3) is 0 Å². The second-order valence-electron chi connectivity index (χ2n) is 7.86. The summed E-state index contributed by atoms with van der Waals surface area (Å²) in [7, 11) is 0. The highest BCUT2D eigenvalue weighted by Crippen LogP contribution is 2.16. The van der Waals surface area contributed by atoms with Gasteiger partial charge in [-0.2, -0.15) is 0 Å². The summed E-state index contributed by atoms with van der Waals surface area (Å²) in [5, 5.41) is 17.2. The van der Waals surface area contributed by atoms with Crippen molar-refractivity contribution in [1.29, 1.82) is 0 Å². The van der Waals surface area contributed by atoms with Crippen molar-refractivity contribution in [2.24, 2.45) is 5.92 Å². The molecule has 0 saturated carbocycles. The van der Waals surface area contributed by atoms with Crippen LogP contribution in [0.3, 0.4) is 0 Å². The fourth-order valence-electron chi connectivity index (χ4n) is 3.61. The Hall–Kier alpha value is -3.88. The maximum Gasteiger partial charge on any atom is 0.408 e. The van der Waals surface area contributed by atoms with Crippen LogP contribution in [0.2, 0.25) is 0 Å². The first-order chi connectivity index (χ1) is 15.9. The van der Waals surface area contributed by atoms with Crippen LogP contribution in [0.4, 0.5) is 4.79 Å². The lowest BCUT2D eigenvalue weighted by Gasteiger charge is -2.22. The minimum atomic E-state index is -1.26. The lowest BCUT2D eigenvalue weighted by molar-refractivity contribution is -0.142. The van der Waals surface area contributed by atoms with E-state index in [4.69, 9.17) is 4.74 Å². The third-order valence-electron chi connectivity index (χ3n) is 5.40. The molecule has 0 aliphatic carbocycles. The van der Waals surface area contributed by atoms with Gasteiger partial charge >= 0.3 is 12.1 Å². The van der Waals surface area contributed by atoms with Crippen LogP contribution in [0.15, 0.2) is 60.7 Å². The molecule has 1 aliphatic heterocycles. The van der Waals surface area contributed by atoms with Gasteiger partial charge in [-0.25, -0.2) is 9.59 Å². The minimum Gasteiger partial charge on any atom is -0.480 e. The Morgan fingerprint density at radius 2 is 1.61 bits per heavy atom. The van der Waals surface area contributed by atoms with Gasteiger partial charge in [0.2, 0.25) is 11.8 Å². The van der Waals surface area contributed by atoms with Crippen molar-refractivity contribution in [2.45, 2.75) is 38.0 Å². The number of aliphatic carboxylic acids is 1. The number of nitrogens with one attached hydrogen (secondary N) is 3. The molecule has 0 radical (unpaired) electrons. The van der Waals surface area contributed by atoms with E-state index < -0.39 is 36.0 Å². The maximum atomic E-state index is 13.0. The Morgan fingerprint density at radius 1 is 0.970 bits per heavy atom. The normalized spacial score (nSPS) is 16.8. The monoisotopic (exact) mass is 453 g/mol. The predicted molar refractivity (Wildman–Crippen MR) is 119 cm³/mol. The van der Waals surface area contributed by atoms with Crippen molar-refractivity contribution < 1.29 is 29.0 Å². The van der Waals surface area contributed by atoms with Gasteiger partial charge in [0.05, 0.1) is 0 Å². The van der Waals surface area contributed by atoms with E-state index in [1.165, 1.54) is 0 Å². The third kappa shape index (κ3) is 7.34. The van der Waals surface area contributed by atoms with Gasteiger partial charge in [-0.15, -0.1) is 0 Å². The molecule has 3 atom stereocenters. The number of benzene rings is 2. The maximum absolute atomic E-state index is 13.0. The highest BCUT2D eigenvalue weighted by molar-refractivity contribution is 5.90. The molecule has 0 unspecified atom stereocenters. The molecular formula is C24H27N3O6. The zero-order chi connectivity index (χ0) is 23.6. The number of ether oxygens (including phenoxy) is 1. The molecular weight excluding hydrogens is 426 g/mol. The van der Waals surface area contributed by atoms with Crippen molar-refractivity contribution >= 4 is 23.9 Å². The first-order valence-electron chi connectivity index (χ1n) is 10.7. The molecule has 3 amide bonds. The smallest absolute Gasteiger partial charge is 0.408 e. The van der Waals surface area contributed by atoms with Crippen molar-refractivity contribution in [3.63, 3.8) is 0 Å². The zero-order valence-electron chi connectivity index (χ0n) is 18.0. The van der Waals surface area contributed by atoms with Gasteiger partial charge in [0.1, 0.15) is 18.7 Å². The molecule has 0 aromatic heterocycles. The SMILES string of the molecule is O=C(N[C@@H](Cc1ccccc1)C(=O)N[C@@H](C[C@@H]1CCNC1=O)C(=O)O)OCc1ccccc1. The molecule has 0 spiro atoms. The quantitative estimate of drug-likeness (QED) is 0.432. The highest BCUT2D eigenvalue weighted by Gasteiger charge is 2.33. The van der Waals surface area contributed by atoms with Gasteiger partial charge in [-0.1, -0.05) is 60.7 Å². The molecule has 1 fully saturated rings. The van der Waals surface area contributed by atoms with Gasteiger partial charge in [-0.3, -0.25) is 9.59 Å². The standard InChI is InChI=1S/C24H27N3O6/c28-21-18(11-12-25-21)14-20(23(30)31)26-22(29)19(13-16-7-3-1-4-8-16)27-24(32)33-15-17-9-5-2-6-10-17/h1-10,18-20H,11-15H2,(H,25,28)(H,26,29)(H,27,32)(H,30,31)/t18-,19-,20-/m0/s1. The van der Waals surface area contributed by atoms with Crippen LogP contribution in [-0.4, -0.2) is 47.6 Å². The van der Waals surface area contributed by atoms with Crippen molar-refractivity contribution in [2.75, 3.05) is 6.54 Å². The number of carbonyl (C=O) groups excluding carboxylic acids is 3.